The van der Waals surface area contributed by atoms with E-state index < -0.39 is 311 Å². The second-order valence-electron chi connectivity index (χ2n) is 26.5. The fourth-order valence-electron chi connectivity index (χ4n) is 12.6. The molecule has 13 rings (SSSR count). The molecule has 0 aliphatic carbocycles. The van der Waals surface area contributed by atoms with Crippen LogP contribution in [0.2, 0.25) is 10.6 Å². The van der Waals surface area contributed by atoms with Gasteiger partial charge in [-0.25, -0.2) is 8.42 Å². The van der Waals surface area contributed by atoms with Crippen LogP contribution in [0.3, 0.4) is 0 Å². The molecule has 0 aliphatic heterocycles. The van der Waals surface area contributed by atoms with Gasteiger partial charge in [-0.05, 0) is 137 Å². The van der Waals surface area contributed by atoms with Crippen LogP contribution in [0.1, 0.15) is 0 Å². The molecule has 0 fully saturated rings. The highest BCUT2D eigenvalue weighted by atomic mass is 35.5. The number of nitrogens with zero attached hydrogens (tertiary/aromatic N) is 14. The number of phenols is 2. The Morgan fingerprint density at radius 1 is 0.301 bits per heavy atom. The van der Waals surface area contributed by atoms with Crippen LogP contribution in [0.5, 0.6) is 11.5 Å². The summed E-state index contributed by atoms with van der Waals surface area (Å²) in [4.78, 5) is 11.6. The van der Waals surface area contributed by atoms with Crippen molar-refractivity contribution in [3.05, 3.63) is 162 Å². The highest BCUT2D eigenvalue weighted by Crippen LogP contribution is 2.52. The Hall–Kier alpha value is -13.4. The lowest BCUT2D eigenvalue weighted by Gasteiger charge is -2.14. The summed E-state index contributed by atoms with van der Waals surface area (Å²) in [5.74, 6) is -5.16. The van der Waals surface area contributed by atoms with Gasteiger partial charge in [0.25, 0.3) is 101 Å². The number of aromatic nitrogens is 6. The predicted octanol–water partition coefficient (Wildman–Crippen LogP) is 11.6. The van der Waals surface area contributed by atoms with Crippen LogP contribution in [0.25, 0.3) is 43.1 Å². The van der Waals surface area contributed by atoms with E-state index in [1.165, 1.54) is 0 Å². The Kier molecular flexibility index (Phi) is 25.3. The van der Waals surface area contributed by atoms with Gasteiger partial charge in [0.1, 0.15) is 94.5 Å². The summed E-state index contributed by atoms with van der Waals surface area (Å²) in [6.45, 7) is 3.33. The predicted molar refractivity (Wildman–Crippen MR) is 462 cm³/mol. The minimum absolute atomic E-state index is 0.246. The Morgan fingerprint density at radius 2 is 0.594 bits per heavy atom. The van der Waals surface area contributed by atoms with Crippen LogP contribution in [0, 0.1) is 0 Å². The summed E-state index contributed by atoms with van der Waals surface area (Å²) < 4.78 is 385. The second-order valence-corrected chi connectivity index (χ2v) is 42.9. The van der Waals surface area contributed by atoms with E-state index in [2.05, 4.69) is 98.7 Å². The molecule has 0 saturated carbocycles. The number of halogens is 2. The van der Waals surface area contributed by atoms with Gasteiger partial charge < -0.3 is 42.9 Å². The van der Waals surface area contributed by atoms with E-state index in [0.29, 0.717) is 53.9 Å². The molecule has 11 aromatic carbocycles. The largest absolute Gasteiger partial charge is 0.505 e. The monoisotopic (exact) mass is 2080 g/mol. The first-order valence-corrected chi connectivity index (χ1v) is 51.1. The second kappa shape index (κ2) is 34.7. The molecular weight excluding hydrogens is 2040 g/mol. The third-order valence-corrected chi connectivity index (χ3v) is 28.6. The number of aromatic hydroxyl groups is 2. The smallest absolute Gasteiger partial charge is 0.297 e. The first-order chi connectivity index (χ1) is 61.4. The third kappa shape index (κ3) is 20.6. The molecule has 0 spiro atoms. The molecule has 2 aromatic heterocycles. The summed E-state index contributed by atoms with van der Waals surface area (Å²) in [7, 11) is -59.1. The summed E-state index contributed by atoms with van der Waals surface area (Å²) in [6.07, 6.45) is 0. The lowest BCUT2D eigenvalue weighted by atomic mass is 10.1. The van der Waals surface area contributed by atoms with Crippen molar-refractivity contribution in [1.82, 2.24) is 29.9 Å². The van der Waals surface area contributed by atoms with Gasteiger partial charge in [-0.2, -0.15) is 114 Å². The minimum atomic E-state index is -5.67. The van der Waals surface area contributed by atoms with Crippen molar-refractivity contribution in [3.63, 3.8) is 0 Å². The highest BCUT2D eigenvalue weighted by molar-refractivity contribution is 7.94. The van der Waals surface area contributed by atoms with Crippen molar-refractivity contribution < 1.29 is 148 Å². The van der Waals surface area contributed by atoms with Gasteiger partial charge in [-0.1, -0.05) is 43.0 Å². The summed E-state index contributed by atoms with van der Waals surface area (Å²) in [6, 6.07) is 18.1. The van der Waals surface area contributed by atoms with E-state index >= 15 is 0 Å². The van der Waals surface area contributed by atoms with Crippen LogP contribution in [-0.2, 0) is 111 Å². The fraction of sp³-hybridized carbons (Fsp3) is 0. The molecule has 0 aliphatic rings. The van der Waals surface area contributed by atoms with E-state index in [0.717, 1.165) is 91.0 Å². The molecule has 0 atom stereocenters. The molecule has 0 amide bonds. The van der Waals surface area contributed by atoms with Gasteiger partial charge in [0.05, 0.1) is 27.0 Å². The van der Waals surface area contributed by atoms with Crippen molar-refractivity contribution in [2.45, 2.75) is 53.9 Å². The number of hydrogen-bond acceptors (Lipinski definition) is 44. The maximum atomic E-state index is 13.5. The Balaban J connectivity index is 0.800. The van der Waals surface area contributed by atoms with Gasteiger partial charge in [-0.3, -0.25) is 45.5 Å². The van der Waals surface area contributed by atoms with E-state index in [1.807, 2.05) is 0 Å². The van der Waals surface area contributed by atoms with Crippen molar-refractivity contribution >= 4 is 281 Å². The number of sulfone groups is 1. The molecule has 0 radical (unpaired) electrons. The lowest BCUT2D eigenvalue weighted by Crippen LogP contribution is -2.07. The van der Waals surface area contributed by atoms with Gasteiger partial charge in [0.2, 0.25) is 34.4 Å². The molecule has 67 heteroatoms. The zero-order valence-corrected chi connectivity index (χ0v) is 74.6. The van der Waals surface area contributed by atoms with Gasteiger partial charge in [0.15, 0.2) is 21.3 Å². The van der Waals surface area contributed by atoms with Crippen molar-refractivity contribution in [2.75, 3.05) is 32.7 Å². The molecule has 133 heavy (non-hydrogen) atoms. The standard InChI is InChI=1S/C66H46Cl2N20O34S11/c1-2-123(91,92)32-22-30(73-65-77-61(67)75-63(79-65)71-28-9-15-43(126(99,100)101)39(24-28)83-85-53-45(128(105,106)107)17-26-19-47(130(111,112)113)55(57(89)49(26)51(53)69)87-81-37-13-11-33-35(59(37)132(117,118)119)5-3-7-41(33)124(93,94)95)21-31(23-32)74-66-78-62(68)76-64(80-66)72-29-10-16-44(127(102,103)104)40(25-29)84-86-54-46(129(108,109)110)18-27-20-48(131(114,115)116)56(58(90)50(27)52(54)70)88-82-38-14-12-34-36(60(38)133(120,121)122)6-4-8-42(34)125(96,97)98/h2-25,89-90H,1,69-70H2,(H,93,94,95)(H,96,97,98)(H,99,100,101)(H,102,103,104)(H,105,106,107)(H,108,109,110)(H,111,112,113)(H,114,115,116)(H,117,118,119)(H,120,121,122)(H2,71,73,75,77,79)(H2,72,74,76,78,80). The van der Waals surface area contributed by atoms with Crippen molar-refractivity contribution in [3.8, 4) is 11.5 Å². The zero-order chi connectivity index (χ0) is 97.9. The molecular formula is C66H46Cl2N20O34S11. The van der Waals surface area contributed by atoms with E-state index in [4.69, 9.17) is 34.7 Å². The van der Waals surface area contributed by atoms with Gasteiger partial charge in [-0.15, -0.1) is 40.9 Å². The van der Waals surface area contributed by atoms with Crippen molar-refractivity contribution in [1.29, 1.82) is 0 Å². The molecule has 13 aromatic rings. The number of nitrogens with one attached hydrogen (secondary N) is 4. The van der Waals surface area contributed by atoms with Gasteiger partial charge >= 0.3 is 0 Å². The Morgan fingerprint density at radius 3 is 0.895 bits per heavy atom. The summed E-state index contributed by atoms with van der Waals surface area (Å²) >= 11 is 12.7. The Bertz CT molecular complexity index is 8420. The average molecular weight is 2090 g/mol. The fourth-order valence-corrected chi connectivity index (χ4v) is 20.6. The SMILES string of the molecule is C=CS(=O)(=O)c1cc(Nc2nc(Cl)nc(Nc3ccc(S(=O)(=O)O)c(N=Nc4c(S(=O)(=O)O)cc5cc(S(=O)(=O)O)c(N=Nc6ccc7c(S(=O)(=O)O)cccc7c6S(=O)(=O)O)c(O)c5c4N)c3)n2)cc(Nc2nc(Cl)nc(Nc3ccc(S(=O)(=O)O)c(N=Nc4c(S(=O)(=O)O)cc5cc(S(=O)(=O)O)c(N=Nc6ccc7c(S(=O)(=O)O)cccc7c6S(=O)(=O)O)c(O)c5c4N)c3)n2)c1. The van der Waals surface area contributed by atoms with Crippen LogP contribution in [0.15, 0.2) is 246 Å². The topological polar surface area (TPSA) is 895 Å². The summed E-state index contributed by atoms with van der Waals surface area (Å²) in [5.41, 5.74) is 0.513. The summed E-state index contributed by atoms with van der Waals surface area (Å²) in [5, 5.41) is 56.9. The van der Waals surface area contributed by atoms with Crippen molar-refractivity contribution in [2.24, 2.45) is 40.9 Å². The number of azo groups is 4. The number of benzene rings is 11. The van der Waals surface area contributed by atoms with Crippen LogP contribution < -0.4 is 32.7 Å². The minimum Gasteiger partial charge on any atom is -0.505 e. The normalized spacial score (nSPS) is 13.2. The van der Waals surface area contributed by atoms with Gasteiger partial charge in [0, 0.05) is 49.7 Å². The first kappa shape index (κ1) is 97.2. The van der Waals surface area contributed by atoms with E-state index in [1.54, 1.807) is 0 Å². The van der Waals surface area contributed by atoms with E-state index in [-0.39, 0.29) is 22.7 Å². The first-order valence-electron chi connectivity index (χ1n) is 34.4. The molecule has 54 nitrogen and oxygen atoms in total. The number of fused-ring (bicyclic) bond motifs is 4. The average Bonchev–Trinajstić information content (AvgIpc) is 0.740. The molecule has 20 N–H and O–H groups in total. The number of hydrogen-bond donors (Lipinski definition) is 18. The number of nitrogen functional groups attached to an aromatic ring is 2. The Labute approximate surface area is 754 Å². The highest BCUT2D eigenvalue weighted by Gasteiger charge is 2.34. The zero-order valence-electron chi connectivity index (χ0n) is 64.1. The molecule has 2 heterocycles. The number of nitrogens with two attached hydrogens (primary N) is 2. The van der Waals surface area contributed by atoms with Crippen LogP contribution in [-0.4, -0.2) is 178 Å². The molecule has 0 unspecified atom stereocenters. The number of phenolic OH excluding ortho intramolecular Hbond substituents is 2. The maximum absolute atomic E-state index is 13.5. The maximum Gasteiger partial charge on any atom is 0.297 e. The molecule has 0 saturated heterocycles. The van der Waals surface area contributed by atoms with Crippen LogP contribution in [0.4, 0.5) is 103 Å². The number of rotatable bonds is 28. The quantitative estimate of drug-likeness (QED) is 0.0123. The molecule has 0 bridgehead atoms. The third-order valence-electron chi connectivity index (χ3n) is 17.9. The number of anilines is 10. The molecule has 694 valence electrons. The lowest BCUT2D eigenvalue weighted by molar-refractivity contribution is 0.471. The van der Waals surface area contributed by atoms with E-state index in [9.17, 15) is 148 Å². The van der Waals surface area contributed by atoms with Crippen LogP contribution >= 0.6 is 23.2 Å².